The van der Waals surface area contributed by atoms with E-state index in [1.54, 1.807) is 24.3 Å². The number of likely N-dealkylation sites (tertiary alicyclic amines) is 1. The maximum atomic E-state index is 12.6. The van der Waals surface area contributed by atoms with Crippen molar-refractivity contribution in [3.8, 4) is 0 Å². The highest BCUT2D eigenvalue weighted by molar-refractivity contribution is 6.49. The van der Waals surface area contributed by atoms with Crippen LogP contribution in [0.5, 0.6) is 0 Å². The maximum Gasteiger partial charge on any atom is 0.211 e. The van der Waals surface area contributed by atoms with Crippen LogP contribution in [0, 0.1) is 0 Å². The van der Waals surface area contributed by atoms with E-state index in [2.05, 4.69) is 0 Å². The quantitative estimate of drug-likeness (QED) is 0.859. The summed E-state index contributed by atoms with van der Waals surface area (Å²) in [6.07, 6.45) is 0.820. The van der Waals surface area contributed by atoms with Crippen LogP contribution in [0.15, 0.2) is 35.0 Å². The summed E-state index contributed by atoms with van der Waals surface area (Å²) in [7, 11) is 0. The maximum absolute atomic E-state index is 12.6. The molecule has 2 aliphatic rings. The predicted molar refractivity (Wildman–Crippen MR) is 74.8 cm³/mol. The smallest absolute Gasteiger partial charge is 0.211 e. The predicted octanol–water partition coefficient (Wildman–Crippen LogP) is 1.97. The first-order valence-electron chi connectivity index (χ1n) is 6.61. The van der Waals surface area contributed by atoms with Gasteiger partial charge in [0.25, 0.3) is 0 Å². The standard InChI is InChI=1S/C15H14ClNO3/c16-12-13(17-7-5-9(18)6-8-17)15(20)11-4-2-1-3-10(11)14(12)19/h1-4,9,18H,5-8H2. The first-order chi connectivity index (χ1) is 9.59. The Kier molecular flexibility index (Phi) is 3.36. The number of nitrogens with zero attached hydrogens (tertiary/aromatic N) is 1. The number of aliphatic hydroxyl groups is 1. The van der Waals surface area contributed by atoms with E-state index in [9.17, 15) is 14.7 Å². The Hall–Kier alpha value is -1.65. The van der Waals surface area contributed by atoms with E-state index in [-0.39, 0.29) is 28.4 Å². The van der Waals surface area contributed by atoms with Gasteiger partial charge in [0, 0.05) is 24.2 Å². The molecule has 4 nitrogen and oxygen atoms in total. The van der Waals surface area contributed by atoms with Gasteiger partial charge in [-0.25, -0.2) is 0 Å². The van der Waals surface area contributed by atoms with Gasteiger partial charge >= 0.3 is 0 Å². The molecule has 0 spiro atoms. The summed E-state index contributed by atoms with van der Waals surface area (Å²) in [5.41, 5.74) is 1.05. The van der Waals surface area contributed by atoms with Gasteiger partial charge in [0.1, 0.15) is 10.7 Å². The van der Waals surface area contributed by atoms with E-state index in [4.69, 9.17) is 11.6 Å². The molecule has 20 heavy (non-hydrogen) atoms. The number of Topliss-reactive ketones (excluding diaryl/α,β-unsaturated/α-hetero) is 2. The molecule has 0 amide bonds. The van der Waals surface area contributed by atoms with Gasteiger partial charge in [0.15, 0.2) is 0 Å². The van der Waals surface area contributed by atoms with Crippen molar-refractivity contribution in [2.24, 2.45) is 0 Å². The molecule has 1 aliphatic heterocycles. The Labute approximate surface area is 121 Å². The summed E-state index contributed by atoms with van der Waals surface area (Å²) in [4.78, 5) is 26.6. The minimum Gasteiger partial charge on any atom is -0.393 e. The molecular formula is C15H14ClNO3. The summed E-state index contributed by atoms with van der Waals surface area (Å²) in [6.45, 7) is 1.07. The largest absolute Gasteiger partial charge is 0.393 e. The Morgan fingerprint density at radius 2 is 1.60 bits per heavy atom. The van der Waals surface area contributed by atoms with Gasteiger partial charge in [-0.3, -0.25) is 9.59 Å². The van der Waals surface area contributed by atoms with Crippen molar-refractivity contribution in [1.82, 2.24) is 4.90 Å². The van der Waals surface area contributed by atoms with E-state index in [0.717, 1.165) is 0 Å². The molecule has 3 rings (SSSR count). The minimum atomic E-state index is -0.340. The average molecular weight is 292 g/mol. The molecule has 0 atom stereocenters. The molecule has 1 N–H and O–H groups in total. The number of carbonyl (C=O) groups excluding carboxylic acids is 2. The lowest BCUT2D eigenvalue weighted by Gasteiger charge is -2.34. The molecule has 5 heteroatoms. The summed E-state index contributed by atoms with van der Waals surface area (Å²) >= 11 is 6.13. The van der Waals surface area contributed by atoms with E-state index in [1.165, 1.54) is 0 Å². The lowest BCUT2D eigenvalue weighted by atomic mass is 9.91. The molecule has 0 saturated carbocycles. The van der Waals surface area contributed by atoms with E-state index >= 15 is 0 Å². The van der Waals surface area contributed by atoms with Crippen molar-refractivity contribution in [2.45, 2.75) is 18.9 Å². The summed E-state index contributed by atoms with van der Waals surface area (Å²) < 4.78 is 0. The van der Waals surface area contributed by atoms with Crippen LogP contribution in [0.2, 0.25) is 0 Å². The third-order valence-electron chi connectivity index (χ3n) is 3.82. The highest BCUT2D eigenvalue weighted by atomic mass is 35.5. The Balaban J connectivity index is 2.01. The second-order valence-corrected chi connectivity index (χ2v) is 5.46. The molecule has 0 bridgehead atoms. The van der Waals surface area contributed by atoms with E-state index in [0.29, 0.717) is 37.1 Å². The number of halogens is 1. The Morgan fingerprint density at radius 3 is 2.20 bits per heavy atom. The number of piperidine rings is 1. The molecule has 1 aromatic carbocycles. The van der Waals surface area contributed by atoms with Crippen LogP contribution in [0.25, 0.3) is 0 Å². The summed E-state index contributed by atoms with van der Waals surface area (Å²) in [5.74, 6) is -0.510. The summed E-state index contributed by atoms with van der Waals surface area (Å²) in [6, 6.07) is 6.73. The van der Waals surface area contributed by atoms with Crippen molar-refractivity contribution in [3.63, 3.8) is 0 Å². The second-order valence-electron chi connectivity index (χ2n) is 5.08. The van der Waals surface area contributed by atoms with E-state index in [1.807, 2.05) is 4.90 Å². The molecule has 1 fully saturated rings. The molecule has 0 aromatic heterocycles. The fourth-order valence-corrected chi connectivity index (χ4v) is 3.01. The molecular weight excluding hydrogens is 278 g/mol. The van der Waals surface area contributed by atoms with Gasteiger partial charge < -0.3 is 10.0 Å². The molecule has 1 heterocycles. The number of aliphatic hydroxyl groups excluding tert-OH is 1. The lowest BCUT2D eigenvalue weighted by molar-refractivity contribution is 0.0817. The fourth-order valence-electron chi connectivity index (χ4n) is 2.70. The molecule has 0 radical (unpaired) electrons. The number of fused-ring (bicyclic) bond motifs is 1. The normalized spacial score (nSPS) is 20.4. The first kappa shape index (κ1) is 13.3. The molecule has 1 aliphatic carbocycles. The fraction of sp³-hybridized carbons (Fsp3) is 0.333. The van der Waals surface area contributed by atoms with Gasteiger partial charge in [0.2, 0.25) is 11.6 Å². The van der Waals surface area contributed by atoms with Crippen molar-refractivity contribution in [2.75, 3.05) is 13.1 Å². The third kappa shape index (κ3) is 2.05. The van der Waals surface area contributed by atoms with Crippen LogP contribution in [-0.2, 0) is 0 Å². The van der Waals surface area contributed by atoms with Crippen molar-refractivity contribution in [3.05, 3.63) is 46.1 Å². The van der Waals surface area contributed by atoms with Gasteiger partial charge in [-0.15, -0.1) is 0 Å². The van der Waals surface area contributed by atoms with Crippen LogP contribution in [-0.4, -0.2) is 40.8 Å². The lowest BCUT2D eigenvalue weighted by Crippen LogP contribution is -2.40. The van der Waals surface area contributed by atoms with Crippen molar-refractivity contribution in [1.29, 1.82) is 0 Å². The minimum absolute atomic E-state index is 0.00918. The van der Waals surface area contributed by atoms with Crippen LogP contribution in [0.3, 0.4) is 0 Å². The zero-order valence-corrected chi connectivity index (χ0v) is 11.6. The van der Waals surface area contributed by atoms with Gasteiger partial charge in [0.05, 0.1) is 6.10 Å². The number of hydrogen-bond acceptors (Lipinski definition) is 4. The highest BCUT2D eigenvalue weighted by Gasteiger charge is 2.35. The number of allylic oxidation sites excluding steroid dienone is 2. The molecule has 1 saturated heterocycles. The third-order valence-corrected chi connectivity index (χ3v) is 4.17. The topological polar surface area (TPSA) is 57.6 Å². The Bertz CT molecular complexity index is 615. The average Bonchev–Trinajstić information content (AvgIpc) is 2.47. The second kappa shape index (κ2) is 5.04. The van der Waals surface area contributed by atoms with Crippen molar-refractivity contribution >= 4 is 23.2 Å². The Morgan fingerprint density at radius 1 is 1.05 bits per heavy atom. The van der Waals surface area contributed by atoms with Crippen LogP contribution >= 0.6 is 11.6 Å². The number of hydrogen-bond donors (Lipinski definition) is 1. The monoisotopic (exact) mass is 291 g/mol. The van der Waals surface area contributed by atoms with E-state index < -0.39 is 0 Å². The zero-order chi connectivity index (χ0) is 14.3. The SMILES string of the molecule is O=C1C(Cl)=C(N2CCC(O)CC2)C(=O)c2ccccc21. The van der Waals surface area contributed by atoms with Crippen LogP contribution in [0.4, 0.5) is 0 Å². The summed E-state index contributed by atoms with van der Waals surface area (Å²) in [5, 5.41) is 9.53. The highest BCUT2D eigenvalue weighted by Crippen LogP contribution is 2.31. The molecule has 0 unspecified atom stereocenters. The van der Waals surface area contributed by atoms with Crippen LogP contribution < -0.4 is 0 Å². The van der Waals surface area contributed by atoms with Gasteiger partial charge in [-0.05, 0) is 12.8 Å². The van der Waals surface area contributed by atoms with Gasteiger partial charge in [-0.1, -0.05) is 35.9 Å². The molecule has 1 aromatic rings. The van der Waals surface area contributed by atoms with Crippen molar-refractivity contribution < 1.29 is 14.7 Å². The zero-order valence-electron chi connectivity index (χ0n) is 10.8. The number of carbonyl (C=O) groups is 2. The molecule has 104 valence electrons. The van der Waals surface area contributed by atoms with Gasteiger partial charge in [-0.2, -0.15) is 0 Å². The van der Waals surface area contributed by atoms with Crippen LogP contribution in [0.1, 0.15) is 33.6 Å². The number of rotatable bonds is 1. The first-order valence-corrected chi connectivity index (χ1v) is 6.98. The number of benzene rings is 1. The number of ketones is 2.